The van der Waals surface area contributed by atoms with Crippen LogP contribution in [0.3, 0.4) is 0 Å². The molecule has 1 aromatic carbocycles. The van der Waals surface area contributed by atoms with Crippen molar-refractivity contribution in [2.45, 2.75) is 18.6 Å². The number of carbonyl (C=O) groups is 1. The molecule has 0 bridgehead atoms. The average Bonchev–Trinajstić information content (AvgIpc) is 2.45. The highest BCUT2D eigenvalue weighted by atomic mass is 32.2. The van der Waals surface area contributed by atoms with E-state index in [9.17, 15) is 14.9 Å². The average molecular weight is 298 g/mol. The van der Waals surface area contributed by atoms with E-state index in [0.717, 1.165) is 6.42 Å². The summed E-state index contributed by atoms with van der Waals surface area (Å²) in [5.41, 5.74) is 2.19. The number of hydrogen-bond acceptors (Lipinski definition) is 6. The van der Waals surface area contributed by atoms with Crippen LogP contribution in [0.2, 0.25) is 0 Å². The van der Waals surface area contributed by atoms with Gasteiger partial charge in [0.25, 0.3) is 11.6 Å². The number of nitrogens with zero attached hydrogens (tertiary/aromatic N) is 1. The van der Waals surface area contributed by atoms with Crippen molar-refractivity contribution in [3.05, 3.63) is 33.9 Å². The molecule has 0 saturated heterocycles. The monoisotopic (exact) mass is 298 g/mol. The van der Waals surface area contributed by atoms with Gasteiger partial charge < -0.3 is 10.7 Å². The number of carbonyl (C=O) groups excluding carboxylic acids is 1. The second-order valence-electron chi connectivity index (χ2n) is 4.19. The molecule has 1 atom stereocenters. The van der Waals surface area contributed by atoms with Gasteiger partial charge in [0.05, 0.1) is 10.5 Å². The lowest BCUT2D eigenvalue weighted by molar-refractivity contribution is -0.384. The van der Waals surface area contributed by atoms with E-state index in [1.807, 2.05) is 6.26 Å². The van der Waals surface area contributed by atoms with Crippen molar-refractivity contribution in [2.24, 2.45) is 5.84 Å². The van der Waals surface area contributed by atoms with Crippen LogP contribution in [0.4, 0.5) is 11.4 Å². The van der Waals surface area contributed by atoms with Gasteiger partial charge in [-0.05, 0) is 18.7 Å². The molecule has 110 valence electrons. The number of rotatable bonds is 7. The highest BCUT2D eigenvalue weighted by molar-refractivity contribution is 7.99. The summed E-state index contributed by atoms with van der Waals surface area (Å²) in [6.07, 6.45) is 2.83. The van der Waals surface area contributed by atoms with Crippen LogP contribution in [0.15, 0.2) is 18.2 Å². The van der Waals surface area contributed by atoms with Crippen molar-refractivity contribution < 1.29 is 9.72 Å². The molecule has 0 saturated carbocycles. The molecule has 1 amide bonds. The van der Waals surface area contributed by atoms with E-state index in [-0.39, 0.29) is 22.8 Å². The number of hydrazine groups is 1. The molecule has 7 nitrogen and oxygen atoms in total. The van der Waals surface area contributed by atoms with Gasteiger partial charge in [0.2, 0.25) is 0 Å². The molecule has 0 aliphatic rings. The van der Waals surface area contributed by atoms with Crippen LogP contribution in [-0.2, 0) is 0 Å². The van der Waals surface area contributed by atoms with E-state index in [0.29, 0.717) is 11.8 Å². The second kappa shape index (κ2) is 7.71. The molecule has 0 aromatic heterocycles. The Morgan fingerprint density at radius 3 is 2.80 bits per heavy atom. The van der Waals surface area contributed by atoms with Crippen LogP contribution in [0.1, 0.15) is 23.7 Å². The van der Waals surface area contributed by atoms with Crippen molar-refractivity contribution in [3.8, 4) is 0 Å². The first kappa shape index (κ1) is 16.3. The Hall–Kier alpha value is -1.80. The number of thioether (sulfide) groups is 1. The van der Waals surface area contributed by atoms with Gasteiger partial charge in [-0.1, -0.05) is 13.0 Å². The second-order valence-corrected chi connectivity index (χ2v) is 5.47. The van der Waals surface area contributed by atoms with Crippen LogP contribution in [0, 0.1) is 10.1 Å². The van der Waals surface area contributed by atoms with Crippen LogP contribution in [-0.4, -0.2) is 28.9 Å². The van der Waals surface area contributed by atoms with Gasteiger partial charge in [-0.3, -0.25) is 20.8 Å². The van der Waals surface area contributed by atoms with E-state index in [1.54, 1.807) is 11.8 Å². The Kier molecular flexibility index (Phi) is 6.26. The number of anilines is 1. The Bertz CT molecular complexity index is 496. The smallest absolute Gasteiger partial charge is 0.294 e. The molecule has 0 fully saturated rings. The highest BCUT2D eigenvalue weighted by Crippen LogP contribution is 2.27. The quantitative estimate of drug-likeness (QED) is 0.402. The van der Waals surface area contributed by atoms with Crippen molar-refractivity contribution in [2.75, 3.05) is 18.2 Å². The Morgan fingerprint density at radius 2 is 2.25 bits per heavy atom. The lowest BCUT2D eigenvalue weighted by Crippen LogP contribution is -2.27. The number of amides is 1. The summed E-state index contributed by atoms with van der Waals surface area (Å²) in [5, 5.41) is 14.0. The summed E-state index contributed by atoms with van der Waals surface area (Å²) >= 11 is 1.71. The van der Waals surface area contributed by atoms with E-state index in [4.69, 9.17) is 5.84 Å². The predicted molar refractivity (Wildman–Crippen MR) is 80.8 cm³/mol. The molecule has 20 heavy (non-hydrogen) atoms. The third kappa shape index (κ3) is 4.10. The standard InChI is InChI=1S/C12H18N4O3S/c1-8(20-2)6-7-14-12(17)9-4-3-5-10(16(18)19)11(9)15-13/h3-5,8,15H,6-7,13H2,1-2H3,(H,14,17). The van der Waals surface area contributed by atoms with Gasteiger partial charge in [0, 0.05) is 17.9 Å². The number of benzene rings is 1. The molecular formula is C12H18N4O3S. The summed E-state index contributed by atoms with van der Waals surface area (Å²) in [7, 11) is 0. The number of nitro benzene ring substituents is 1. The maximum atomic E-state index is 12.0. The lowest BCUT2D eigenvalue weighted by Gasteiger charge is -2.11. The molecule has 0 radical (unpaired) electrons. The minimum atomic E-state index is -0.582. The largest absolute Gasteiger partial charge is 0.352 e. The van der Waals surface area contributed by atoms with Gasteiger partial charge in [-0.2, -0.15) is 11.8 Å². The lowest BCUT2D eigenvalue weighted by atomic mass is 10.1. The number of nitrogen functional groups attached to an aromatic ring is 1. The van der Waals surface area contributed by atoms with Crippen LogP contribution in [0.5, 0.6) is 0 Å². The summed E-state index contributed by atoms with van der Waals surface area (Å²) in [6.45, 7) is 2.57. The Labute approximate surface area is 121 Å². The van der Waals surface area contributed by atoms with Crippen LogP contribution < -0.4 is 16.6 Å². The maximum absolute atomic E-state index is 12.0. The minimum Gasteiger partial charge on any atom is -0.352 e. The SMILES string of the molecule is CSC(C)CCNC(=O)c1cccc([N+](=O)[O-])c1NN. The molecule has 0 spiro atoms. The number of nitro groups is 1. The predicted octanol–water partition coefficient (Wildman–Crippen LogP) is 1.75. The Balaban J connectivity index is 2.82. The van der Waals surface area contributed by atoms with Crippen molar-refractivity contribution in [1.29, 1.82) is 0 Å². The first-order valence-electron chi connectivity index (χ1n) is 6.06. The highest BCUT2D eigenvalue weighted by Gasteiger charge is 2.20. The molecule has 1 rings (SSSR count). The zero-order valence-electron chi connectivity index (χ0n) is 11.4. The van der Waals surface area contributed by atoms with Gasteiger partial charge >= 0.3 is 0 Å². The summed E-state index contributed by atoms with van der Waals surface area (Å²) < 4.78 is 0. The van der Waals surface area contributed by atoms with E-state index in [1.165, 1.54) is 18.2 Å². The van der Waals surface area contributed by atoms with Crippen molar-refractivity contribution in [3.63, 3.8) is 0 Å². The summed E-state index contributed by atoms with van der Waals surface area (Å²) in [4.78, 5) is 22.3. The Morgan fingerprint density at radius 1 is 1.55 bits per heavy atom. The molecule has 4 N–H and O–H groups in total. The zero-order chi connectivity index (χ0) is 15.1. The molecule has 0 heterocycles. The minimum absolute atomic E-state index is 0.0212. The zero-order valence-corrected chi connectivity index (χ0v) is 12.2. The van der Waals surface area contributed by atoms with Gasteiger partial charge in [-0.25, -0.2) is 0 Å². The molecular weight excluding hydrogens is 280 g/mol. The number of para-hydroxylation sites is 1. The molecule has 1 unspecified atom stereocenters. The van der Waals surface area contributed by atoms with Crippen molar-refractivity contribution >= 4 is 29.0 Å². The number of hydrogen-bond donors (Lipinski definition) is 3. The maximum Gasteiger partial charge on any atom is 0.294 e. The molecule has 0 aliphatic heterocycles. The van der Waals surface area contributed by atoms with Gasteiger partial charge in [0.15, 0.2) is 0 Å². The third-order valence-electron chi connectivity index (χ3n) is 2.87. The van der Waals surface area contributed by atoms with Crippen molar-refractivity contribution in [1.82, 2.24) is 5.32 Å². The first-order valence-corrected chi connectivity index (χ1v) is 7.35. The molecule has 8 heteroatoms. The van der Waals surface area contributed by atoms with Gasteiger partial charge in [0.1, 0.15) is 5.69 Å². The van der Waals surface area contributed by atoms with E-state index in [2.05, 4.69) is 17.7 Å². The normalized spacial score (nSPS) is 11.8. The van der Waals surface area contributed by atoms with Crippen LogP contribution >= 0.6 is 11.8 Å². The third-order valence-corrected chi connectivity index (χ3v) is 3.91. The fourth-order valence-electron chi connectivity index (χ4n) is 1.64. The molecule has 1 aromatic rings. The molecule has 0 aliphatic carbocycles. The van der Waals surface area contributed by atoms with E-state index >= 15 is 0 Å². The fourth-order valence-corrected chi connectivity index (χ4v) is 1.99. The fraction of sp³-hybridized carbons (Fsp3) is 0.417. The summed E-state index contributed by atoms with van der Waals surface area (Å²) in [5.74, 6) is 4.91. The topological polar surface area (TPSA) is 110 Å². The number of nitrogens with two attached hydrogens (primary N) is 1. The number of nitrogens with one attached hydrogen (secondary N) is 2. The van der Waals surface area contributed by atoms with E-state index < -0.39 is 4.92 Å². The first-order chi connectivity index (χ1) is 9.51. The van der Waals surface area contributed by atoms with Crippen LogP contribution in [0.25, 0.3) is 0 Å². The van der Waals surface area contributed by atoms with Gasteiger partial charge in [-0.15, -0.1) is 0 Å². The summed E-state index contributed by atoms with van der Waals surface area (Å²) in [6, 6.07) is 4.25.